The van der Waals surface area contributed by atoms with Gasteiger partial charge < -0.3 is 15.4 Å². The van der Waals surface area contributed by atoms with Gasteiger partial charge in [-0.3, -0.25) is 4.79 Å². The molecule has 8 heteroatoms. The number of nitrogens with zero attached hydrogens (tertiary/aromatic N) is 1. The molecule has 0 fully saturated rings. The highest BCUT2D eigenvalue weighted by molar-refractivity contribution is 9.10. The van der Waals surface area contributed by atoms with Crippen LogP contribution in [0.15, 0.2) is 34.8 Å². The lowest BCUT2D eigenvalue weighted by atomic mass is 10.3. The Morgan fingerprint density at radius 2 is 2.11 bits per heavy atom. The van der Waals surface area contributed by atoms with Crippen molar-refractivity contribution in [1.29, 1.82) is 0 Å². The number of aromatic nitrogens is 1. The van der Waals surface area contributed by atoms with Crippen molar-refractivity contribution in [3.8, 4) is 0 Å². The second-order valence-electron chi connectivity index (χ2n) is 3.59. The topological polar surface area (TPSA) is 88.0 Å². The highest BCUT2D eigenvalue weighted by Gasteiger charge is 2.16. The van der Waals surface area contributed by atoms with Crippen LogP contribution in [0.3, 0.4) is 0 Å². The number of anilines is 1. The van der Waals surface area contributed by atoms with Gasteiger partial charge in [-0.2, -0.15) is 0 Å². The summed E-state index contributed by atoms with van der Waals surface area (Å²) in [4.78, 5) is 24.2. The summed E-state index contributed by atoms with van der Waals surface area (Å²) in [5.41, 5.74) is 0.577. The normalized spacial score (nSPS) is 10.2. The summed E-state index contributed by atoms with van der Waals surface area (Å²) < 4.78 is 0.659. The Bertz CT molecular complexity index is 656. The molecule has 2 rings (SSSR count). The number of benzene rings is 1. The van der Waals surface area contributed by atoms with E-state index < -0.39 is 10.8 Å². The van der Waals surface area contributed by atoms with Crippen LogP contribution in [0, 0.1) is 10.1 Å². The molecule has 0 aliphatic heterocycles. The van der Waals surface area contributed by atoms with Crippen molar-refractivity contribution in [1.82, 2.24) is 4.98 Å². The van der Waals surface area contributed by atoms with Gasteiger partial charge in [0.05, 0.1) is 5.69 Å². The molecule has 0 spiro atoms. The van der Waals surface area contributed by atoms with E-state index in [1.807, 2.05) is 0 Å². The van der Waals surface area contributed by atoms with Gasteiger partial charge in [0.25, 0.3) is 5.91 Å². The zero-order chi connectivity index (χ0) is 14.0. The van der Waals surface area contributed by atoms with Crippen molar-refractivity contribution < 1.29 is 9.72 Å². The minimum Gasteiger partial charge on any atom is -0.358 e. The molecular weight excluding hydrogens is 337 g/mol. The molecule has 2 N–H and O–H groups in total. The van der Waals surface area contributed by atoms with Gasteiger partial charge in [0.15, 0.2) is 5.69 Å². The van der Waals surface area contributed by atoms with Crippen LogP contribution in [0.5, 0.6) is 0 Å². The molecule has 98 valence electrons. The third-order valence-electron chi connectivity index (χ3n) is 2.29. The summed E-state index contributed by atoms with van der Waals surface area (Å²) in [7, 11) is 0. The zero-order valence-electron chi connectivity index (χ0n) is 9.31. The second kappa shape index (κ2) is 5.41. The molecule has 19 heavy (non-hydrogen) atoms. The minimum atomic E-state index is -0.605. The molecule has 2 aromatic rings. The van der Waals surface area contributed by atoms with Crippen LogP contribution < -0.4 is 5.32 Å². The number of amides is 1. The predicted octanol–water partition coefficient (Wildman–Crippen LogP) is 3.59. The monoisotopic (exact) mass is 343 g/mol. The first-order chi connectivity index (χ1) is 8.97. The first-order valence-electron chi connectivity index (χ1n) is 5.07. The maximum absolute atomic E-state index is 11.9. The average molecular weight is 345 g/mol. The Hall–Kier alpha value is -1.86. The van der Waals surface area contributed by atoms with E-state index in [0.717, 1.165) is 0 Å². The van der Waals surface area contributed by atoms with E-state index in [-0.39, 0.29) is 11.5 Å². The molecule has 1 aromatic carbocycles. The molecule has 0 atom stereocenters. The predicted molar refractivity (Wildman–Crippen MR) is 74.6 cm³/mol. The van der Waals surface area contributed by atoms with Crippen molar-refractivity contribution in [3.05, 3.63) is 55.6 Å². The van der Waals surface area contributed by atoms with Gasteiger partial charge in [0.1, 0.15) is 0 Å². The number of carbonyl (C=O) groups excluding carboxylic acids is 1. The third-order valence-corrected chi connectivity index (χ3v) is 3.22. The molecule has 0 unspecified atom stereocenters. The summed E-state index contributed by atoms with van der Waals surface area (Å²) in [6.45, 7) is 0. The lowest BCUT2D eigenvalue weighted by Gasteiger charge is -2.05. The largest absolute Gasteiger partial charge is 0.358 e. The number of hydrogen-bond acceptors (Lipinski definition) is 3. The Labute approximate surface area is 121 Å². The van der Waals surface area contributed by atoms with Gasteiger partial charge in [-0.25, -0.2) is 4.98 Å². The number of halogens is 2. The highest BCUT2D eigenvalue weighted by Crippen LogP contribution is 2.26. The zero-order valence-corrected chi connectivity index (χ0v) is 11.7. The van der Waals surface area contributed by atoms with E-state index in [2.05, 4.69) is 26.2 Å². The Morgan fingerprint density at radius 1 is 1.37 bits per heavy atom. The van der Waals surface area contributed by atoms with Crippen LogP contribution in [0.4, 0.5) is 11.5 Å². The van der Waals surface area contributed by atoms with Crippen molar-refractivity contribution in [2.75, 3.05) is 5.32 Å². The van der Waals surface area contributed by atoms with Crippen LogP contribution in [0.1, 0.15) is 10.5 Å². The van der Waals surface area contributed by atoms with Crippen molar-refractivity contribution in [2.45, 2.75) is 0 Å². The second-order valence-corrected chi connectivity index (χ2v) is 4.88. The van der Waals surface area contributed by atoms with Crippen molar-refractivity contribution in [2.24, 2.45) is 0 Å². The molecule has 0 radical (unpaired) electrons. The van der Waals surface area contributed by atoms with Gasteiger partial charge in [-0.05, 0) is 45.1 Å². The van der Waals surface area contributed by atoms with Crippen molar-refractivity contribution >= 4 is 44.9 Å². The number of aromatic amines is 1. The van der Waals surface area contributed by atoms with Crippen LogP contribution in [0.25, 0.3) is 0 Å². The standard InChI is InChI=1S/C11H7BrClN3O3/c12-7-2-1-6(13)5-9(7)15-11(17)8-3-4-10(14-8)16(18)19/h1-5,14H,(H,15,17). The maximum Gasteiger partial charge on any atom is 0.321 e. The van der Waals surface area contributed by atoms with Gasteiger partial charge in [-0.1, -0.05) is 11.6 Å². The molecule has 1 amide bonds. The maximum atomic E-state index is 11.9. The SMILES string of the molecule is O=C(Nc1cc(Cl)ccc1Br)c1ccc([N+](=O)[O-])[nH]1. The lowest BCUT2D eigenvalue weighted by molar-refractivity contribution is -0.389. The van der Waals surface area contributed by atoms with Gasteiger partial charge in [0.2, 0.25) is 0 Å². The summed E-state index contributed by atoms with van der Waals surface area (Å²) in [5.74, 6) is -0.730. The van der Waals surface area contributed by atoms with E-state index >= 15 is 0 Å². The van der Waals surface area contributed by atoms with Gasteiger partial charge in [-0.15, -0.1) is 0 Å². The molecule has 0 aliphatic carbocycles. The fourth-order valence-electron chi connectivity index (χ4n) is 1.41. The third kappa shape index (κ3) is 3.12. The first-order valence-corrected chi connectivity index (χ1v) is 6.24. The number of hydrogen-bond donors (Lipinski definition) is 2. The number of nitrogens with one attached hydrogen (secondary N) is 2. The van der Waals surface area contributed by atoms with Crippen LogP contribution in [-0.2, 0) is 0 Å². The van der Waals surface area contributed by atoms with Crippen LogP contribution in [0.2, 0.25) is 5.02 Å². The Morgan fingerprint density at radius 3 is 2.74 bits per heavy atom. The number of rotatable bonds is 3. The number of H-pyrrole nitrogens is 1. The minimum absolute atomic E-state index is 0.0959. The molecule has 1 aromatic heterocycles. The van der Waals surface area contributed by atoms with Gasteiger partial charge in [0, 0.05) is 15.6 Å². The molecule has 6 nitrogen and oxygen atoms in total. The molecule has 0 saturated carbocycles. The van der Waals surface area contributed by atoms with E-state index in [0.29, 0.717) is 15.2 Å². The van der Waals surface area contributed by atoms with Crippen LogP contribution in [-0.4, -0.2) is 15.8 Å². The smallest absolute Gasteiger partial charge is 0.321 e. The molecule has 1 heterocycles. The Kier molecular flexibility index (Phi) is 3.87. The highest BCUT2D eigenvalue weighted by atomic mass is 79.9. The Balaban J connectivity index is 2.20. The molecular formula is C11H7BrClN3O3. The fourth-order valence-corrected chi connectivity index (χ4v) is 1.92. The fraction of sp³-hybridized carbons (Fsp3) is 0. The first kappa shape index (κ1) is 13.6. The number of carbonyl (C=O) groups is 1. The molecule has 0 aliphatic rings. The summed E-state index contributed by atoms with van der Waals surface area (Å²) in [6, 6.07) is 7.49. The van der Waals surface area contributed by atoms with E-state index in [1.165, 1.54) is 12.1 Å². The van der Waals surface area contributed by atoms with Crippen LogP contribution >= 0.6 is 27.5 Å². The molecule has 0 bridgehead atoms. The van der Waals surface area contributed by atoms with Gasteiger partial charge >= 0.3 is 5.82 Å². The van der Waals surface area contributed by atoms with E-state index in [9.17, 15) is 14.9 Å². The summed E-state index contributed by atoms with van der Waals surface area (Å²) in [6.07, 6.45) is 0. The molecule has 0 saturated heterocycles. The average Bonchev–Trinajstić information content (AvgIpc) is 2.83. The summed E-state index contributed by atoms with van der Waals surface area (Å²) >= 11 is 9.09. The quantitative estimate of drug-likeness (QED) is 0.659. The number of nitro groups is 1. The van der Waals surface area contributed by atoms with Crippen molar-refractivity contribution in [3.63, 3.8) is 0 Å². The van der Waals surface area contributed by atoms with E-state index in [1.54, 1.807) is 18.2 Å². The summed E-state index contributed by atoms with van der Waals surface area (Å²) in [5, 5.41) is 13.6. The van der Waals surface area contributed by atoms with E-state index in [4.69, 9.17) is 11.6 Å². The lowest BCUT2D eigenvalue weighted by Crippen LogP contribution is -2.12.